The van der Waals surface area contributed by atoms with Crippen molar-refractivity contribution >= 4 is 17.5 Å². The molecule has 1 aliphatic rings. The Hall–Kier alpha value is -2.02. The van der Waals surface area contributed by atoms with E-state index in [-0.39, 0.29) is 30.5 Å². The van der Waals surface area contributed by atoms with E-state index in [9.17, 15) is 18.4 Å². The molecule has 0 aliphatic carbocycles. The fraction of sp³-hybridized carbons (Fsp3) is 0.385. The van der Waals surface area contributed by atoms with E-state index >= 15 is 0 Å². The Morgan fingerprint density at radius 1 is 1.45 bits per heavy atom. The molecule has 1 heterocycles. The minimum atomic E-state index is -0.818. The average molecular weight is 283 g/mol. The summed E-state index contributed by atoms with van der Waals surface area (Å²) in [4.78, 5) is 24.8. The molecule has 1 saturated heterocycles. The first-order chi connectivity index (χ1) is 9.52. The van der Waals surface area contributed by atoms with Gasteiger partial charge in [0.2, 0.25) is 11.8 Å². The summed E-state index contributed by atoms with van der Waals surface area (Å²) in [5.74, 6) is -2.72. The molecule has 0 radical (unpaired) electrons. The molecule has 20 heavy (non-hydrogen) atoms. The fourth-order valence-electron chi connectivity index (χ4n) is 2.16. The lowest BCUT2D eigenvalue weighted by molar-refractivity contribution is -0.126. The van der Waals surface area contributed by atoms with Crippen LogP contribution in [0.4, 0.5) is 14.5 Å². The summed E-state index contributed by atoms with van der Waals surface area (Å²) in [6.45, 7) is 0.717. The molecule has 1 aromatic carbocycles. The van der Waals surface area contributed by atoms with Gasteiger partial charge in [0.25, 0.3) is 0 Å². The number of nitrogens with zero attached hydrogens (tertiary/aromatic N) is 1. The highest BCUT2D eigenvalue weighted by atomic mass is 19.1. The van der Waals surface area contributed by atoms with E-state index in [4.69, 9.17) is 5.73 Å². The normalized spacial score (nSPS) is 18.4. The molecule has 7 heteroatoms. The minimum absolute atomic E-state index is 0.00716. The Morgan fingerprint density at radius 2 is 2.20 bits per heavy atom. The van der Waals surface area contributed by atoms with Gasteiger partial charge in [-0.3, -0.25) is 9.59 Å². The Kier molecular flexibility index (Phi) is 4.29. The van der Waals surface area contributed by atoms with Gasteiger partial charge in [-0.25, -0.2) is 8.78 Å². The molecule has 0 saturated carbocycles. The Morgan fingerprint density at radius 3 is 2.85 bits per heavy atom. The average Bonchev–Trinajstić information content (AvgIpc) is 2.78. The summed E-state index contributed by atoms with van der Waals surface area (Å²) in [6, 6.07) is 2.99. The number of anilines is 1. The second kappa shape index (κ2) is 5.96. The van der Waals surface area contributed by atoms with E-state index in [1.54, 1.807) is 0 Å². The van der Waals surface area contributed by atoms with Crippen molar-refractivity contribution in [3.63, 3.8) is 0 Å². The Balaban J connectivity index is 2.11. The zero-order valence-electron chi connectivity index (χ0n) is 10.7. The number of nitrogens with one attached hydrogen (secondary N) is 1. The summed E-state index contributed by atoms with van der Waals surface area (Å²) in [7, 11) is 0. The predicted molar refractivity (Wildman–Crippen MR) is 68.9 cm³/mol. The summed E-state index contributed by atoms with van der Waals surface area (Å²) >= 11 is 0. The van der Waals surface area contributed by atoms with Crippen LogP contribution in [0.5, 0.6) is 0 Å². The maximum Gasteiger partial charge on any atom is 0.227 e. The number of benzene rings is 1. The SMILES string of the molecule is NCCNC(=O)C1CC(=O)N(c2ccc(F)cc2F)C1. The Bertz CT molecular complexity index is 536. The second-order valence-electron chi connectivity index (χ2n) is 4.58. The van der Waals surface area contributed by atoms with Gasteiger partial charge < -0.3 is 16.0 Å². The highest BCUT2D eigenvalue weighted by Gasteiger charge is 2.36. The van der Waals surface area contributed by atoms with Gasteiger partial charge in [-0.1, -0.05) is 0 Å². The largest absolute Gasteiger partial charge is 0.355 e. The number of halogens is 2. The van der Waals surface area contributed by atoms with Crippen LogP contribution in [0.2, 0.25) is 0 Å². The third-order valence-electron chi connectivity index (χ3n) is 3.14. The minimum Gasteiger partial charge on any atom is -0.355 e. The third-order valence-corrected chi connectivity index (χ3v) is 3.14. The summed E-state index contributed by atoms with van der Waals surface area (Å²) in [5.41, 5.74) is 5.27. The number of hydrogen-bond acceptors (Lipinski definition) is 3. The Labute approximate surface area is 114 Å². The molecule has 1 fully saturated rings. The highest BCUT2D eigenvalue weighted by Crippen LogP contribution is 2.27. The molecule has 0 bridgehead atoms. The molecular weight excluding hydrogens is 268 g/mol. The van der Waals surface area contributed by atoms with Crippen LogP contribution in [0, 0.1) is 17.6 Å². The van der Waals surface area contributed by atoms with Gasteiger partial charge in [0.05, 0.1) is 11.6 Å². The number of carbonyl (C=O) groups is 2. The number of carbonyl (C=O) groups excluding carboxylic acids is 2. The van der Waals surface area contributed by atoms with E-state index in [0.717, 1.165) is 6.07 Å². The first kappa shape index (κ1) is 14.4. The zero-order chi connectivity index (χ0) is 14.7. The zero-order valence-corrected chi connectivity index (χ0v) is 10.7. The van der Waals surface area contributed by atoms with Crippen molar-refractivity contribution in [2.24, 2.45) is 11.7 Å². The van der Waals surface area contributed by atoms with Gasteiger partial charge in [-0.05, 0) is 12.1 Å². The van der Waals surface area contributed by atoms with Crippen molar-refractivity contribution in [1.29, 1.82) is 0 Å². The number of rotatable bonds is 4. The van der Waals surface area contributed by atoms with Crippen LogP contribution in [0.3, 0.4) is 0 Å². The van der Waals surface area contributed by atoms with Crippen LogP contribution in [0.15, 0.2) is 18.2 Å². The van der Waals surface area contributed by atoms with Crippen molar-refractivity contribution in [2.45, 2.75) is 6.42 Å². The number of amides is 2. The molecule has 1 unspecified atom stereocenters. The van der Waals surface area contributed by atoms with E-state index in [0.29, 0.717) is 19.2 Å². The second-order valence-corrected chi connectivity index (χ2v) is 4.58. The molecule has 1 aromatic rings. The van der Waals surface area contributed by atoms with Crippen LogP contribution >= 0.6 is 0 Å². The molecular formula is C13H15F2N3O2. The molecule has 1 aliphatic heterocycles. The van der Waals surface area contributed by atoms with Gasteiger partial charge in [0.15, 0.2) is 0 Å². The lowest BCUT2D eigenvalue weighted by atomic mass is 10.1. The maximum atomic E-state index is 13.7. The fourth-order valence-corrected chi connectivity index (χ4v) is 2.16. The van der Waals surface area contributed by atoms with Crippen LogP contribution in [0.1, 0.15) is 6.42 Å². The molecule has 1 atom stereocenters. The van der Waals surface area contributed by atoms with Crippen molar-refractivity contribution in [1.82, 2.24) is 5.32 Å². The van der Waals surface area contributed by atoms with Crippen molar-refractivity contribution in [3.8, 4) is 0 Å². The predicted octanol–water partition coefficient (Wildman–Crippen LogP) is 0.393. The molecule has 2 amide bonds. The monoisotopic (exact) mass is 283 g/mol. The number of hydrogen-bond donors (Lipinski definition) is 2. The highest BCUT2D eigenvalue weighted by molar-refractivity contribution is 6.00. The molecule has 2 rings (SSSR count). The number of nitrogens with two attached hydrogens (primary N) is 1. The van der Waals surface area contributed by atoms with E-state index in [2.05, 4.69) is 5.32 Å². The van der Waals surface area contributed by atoms with Crippen LogP contribution in [-0.2, 0) is 9.59 Å². The quantitative estimate of drug-likeness (QED) is 0.839. The molecule has 5 nitrogen and oxygen atoms in total. The smallest absolute Gasteiger partial charge is 0.227 e. The maximum absolute atomic E-state index is 13.7. The molecule has 3 N–H and O–H groups in total. The first-order valence-electron chi connectivity index (χ1n) is 6.26. The summed E-state index contributed by atoms with van der Waals surface area (Å²) in [6.07, 6.45) is 0.00716. The van der Waals surface area contributed by atoms with Gasteiger partial charge >= 0.3 is 0 Å². The topological polar surface area (TPSA) is 75.4 Å². The molecule has 0 aromatic heterocycles. The van der Waals surface area contributed by atoms with Crippen molar-refractivity contribution in [2.75, 3.05) is 24.5 Å². The van der Waals surface area contributed by atoms with Crippen LogP contribution in [0.25, 0.3) is 0 Å². The lowest BCUT2D eigenvalue weighted by Gasteiger charge is -2.17. The van der Waals surface area contributed by atoms with E-state index in [1.807, 2.05) is 0 Å². The lowest BCUT2D eigenvalue weighted by Crippen LogP contribution is -2.35. The standard InChI is InChI=1S/C13H15F2N3O2/c14-9-1-2-11(10(15)6-9)18-7-8(5-12(18)19)13(20)17-4-3-16/h1-2,6,8H,3-5,7,16H2,(H,17,20). The van der Waals surface area contributed by atoms with Crippen molar-refractivity contribution in [3.05, 3.63) is 29.8 Å². The summed E-state index contributed by atoms with van der Waals surface area (Å²) < 4.78 is 26.5. The van der Waals surface area contributed by atoms with E-state index in [1.165, 1.54) is 11.0 Å². The third kappa shape index (κ3) is 2.93. The van der Waals surface area contributed by atoms with Gasteiger partial charge in [-0.15, -0.1) is 0 Å². The van der Waals surface area contributed by atoms with Crippen LogP contribution in [-0.4, -0.2) is 31.4 Å². The first-order valence-corrected chi connectivity index (χ1v) is 6.26. The van der Waals surface area contributed by atoms with Gasteiger partial charge in [0, 0.05) is 32.1 Å². The van der Waals surface area contributed by atoms with Crippen molar-refractivity contribution < 1.29 is 18.4 Å². The van der Waals surface area contributed by atoms with Gasteiger partial charge in [0.1, 0.15) is 11.6 Å². The van der Waals surface area contributed by atoms with Gasteiger partial charge in [-0.2, -0.15) is 0 Å². The molecule has 0 spiro atoms. The van der Waals surface area contributed by atoms with E-state index < -0.39 is 17.6 Å². The molecule has 108 valence electrons. The summed E-state index contributed by atoms with van der Waals surface area (Å²) in [5, 5.41) is 2.59. The van der Waals surface area contributed by atoms with Crippen LogP contribution < -0.4 is 16.0 Å².